The van der Waals surface area contributed by atoms with Gasteiger partial charge in [-0.05, 0) is 24.0 Å². The summed E-state index contributed by atoms with van der Waals surface area (Å²) in [6.07, 6.45) is 7.20. The number of nitrogens with one attached hydrogen (secondary N) is 1. The van der Waals surface area contributed by atoms with Gasteiger partial charge in [-0.25, -0.2) is 4.98 Å². The first kappa shape index (κ1) is 20.1. The Hall–Kier alpha value is -2.63. The van der Waals surface area contributed by atoms with Crippen LogP contribution in [0.15, 0.2) is 43.0 Å². The van der Waals surface area contributed by atoms with Gasteiger partial charge in [0, 0.05) is 44.0 Å². The maximum Gasteiger partial charge on any atom is 0.227 e. The van der Waals surface area contributed by atoms with Crippen LogP contribution in [0.2, 0.25) is 0 Å². The van der Waals surface area contributed by atoms with Gasteiger partial charge in [0.15, 0.2) is 0 Å². The summed E-state index contributed by atoms with van der Waals surface area (Å²) in [7, 11) is 0. The number of hydrogen-bond donors (Lipinski definition) is 1. The molecule has 1 unspecified atom stereocenters. The second-order valence-corrected chi connectivity index (χ2v) is 8.61. The molecule has 0 radical (unpaired) electrons. The van der Waals surface area contributed by atoms with Crippen molar-refractivity contribution in [3.05, 3.63) is 54.1 Å². The minimum atomic E-state index is -0.409. The molecule has 2 heterocycles. The molecule has 6 heteroatoms. The van der Waals surface area contributed by atoms with E-state index in [0.29, 0.717) is 13.1 Å². The molecule has 1 N–H and O–H groups in total. The van der Waals surface area contributed by atoms with Crippen LogP contribution >= 0.6 is 0 Å². The summed E-state index contributed by atoms with van der Waals surface area (Å²) in [6, 6.07) is 8.21. The number of aromatic nitrogens is 2. The lowest BCUT2D eigenvalue weighted by Crippen LogP contribution is -2.48. The van der Waals surface area contributed by atoms with Crippen molar-refractivity contribution in [1.29, 1.82) is 0 Å². The van der Waals surface area contributed by atoms with Crippen molar-refractivity contribution in [3.8, 4) is 0 Å². The van der Waals surface area contributed by atoms with Crippen LogP contribution < -0.4 is 5.32 Å². The number of piperidine rings is 1. The molecule has 0 bridgehead atoms. The zero-order valence-corrected chi connectivity index (χ0v) is 17.0. The van der Waals surface area contributed by atoms with E-state index in [1.54, 1.807) is 12.5 Å². The van der Waals surface area contributed by atoms with Crippen LogP contribution in [0, 0.1) is 11.3 Å². The third kappa shape index (κ3) is 5.21. The lowest BCUT2D eigenvalue weighted by atomic mass is 9.91. The van der Waals surface area contributed by atoms with E-state index in [4.69, 9.17) is 0 Å². The van der Waals surface area contributed by atoms with Crippen LogP contribution in [-0.2, 0) is 22.7 Å². The van der Waals surface area contributed by atoms with Crippen molar-refractivity contribution in [3.63, 3.8) is 0 Å². The van der Waals surface area contributed by atoms with Gasteiger partial charge in [-0.15, -0.1) is 0 Å². The van der Waals surface area contributed by atoms with Crippen LogP contribution in [-0.4, -0.2) is 39.4 Å². The summed E-state index contributed by atoms with van der Waals surface area (Å²) < 4.78 is 2.01. The van der Waals surface area contributed by atoms with Crippen LogP contribution in [0.4, 0.5) is 0 Å². The fourth-order valence-corrected chi connectivity index (χ4v) is 3.61. The minimum Gasteiger partial charge on any atom is -0.352 e. The van der Waals surface area contributed by atoms with Gasteiger partial charge in [-0.1, -0.05) is 45.0 Å². The van der Waals surface area contributed by atoms with E-state index in [-0.39, 0.29) is 17.7 Å². The Bertz CT molecular complexity index is 808. The van der Waals surface area contributed by atoms with E-state index in [0.717, 1.165) is 31.5 Å². The smallest absolute Gasteiger partial charge is 0.227 e. The molecule has 1 fully saturated rings. The molecule has 1 saturated heterocycles. The van der Waals surface area contributed by atoms with Crippen molar-refractivity contribution in [1.82, 2.24) is 19.8 Å². The van der Waals surface area contributed by atoms with Gasteiger partial charge >= 0.3 is 0 Å². The summed E-state index contributed by atoms with van der Waals surface area (Å²) in [5, 5.41) is 3.06. The van der Waals surface area contributed by atoms with Gasteiger partial charge < -0.3 is 14.8 Å². The Balaban J connectivity index is 1.54. The number of likely N-dealkylation sites (tertiary alicyclic amines) is 1. The Labute approximate surface area is 166 Å². The number of carbonyl (C=O) groups is 2. The predicted molar refractivity (Wildman–Crippen MR) is 108 cm³/mol. The van der Waals surface area contributed by atoms with Gasteiger partial charge in [0.25, 0.3) is 0 Å². The van der Waals surface area contributed by atoms with E-state index < -0.39 is 5.41 Å². The summed E-state index contributed by atoms with van der Waals surface area (Å²) in [5.74, 6) is 0.0257. The van der Waals surface area contributed by atoms with E-state index in [9.17, 15) is 9.59 Å². The van der Waals surface area contributed by atoms with Gasteiger partial charge in [-0.2, -0.15) is 0 Å². The van der Waals surface area contributed by atoms with E-state index in [2.05, 4.69) is 22.4 Å². The maximum absolute atomic E-state index is 12.7. The largest absolute Gasteiger partial charge is 0.352 e. The zero-order chi connectivity index (χ0) is 20.1. The molecule has 1 atom stereocenters. The van der Waals surface area contributed by atoms with Gasteiger partial charge in [0.05, 0.1) is 12.2 Å². The average Bonchev–Trinajstić information content (AvgIpc) is 3.18. The van der Waals surface area contributed by atoms with Gasteiger partial charge in [-0.3, -0.25) is 9.59 Å². The first-order valence-corrected chi connectivity index (χ1v) is 9.93. The molecular weight excluding hydrogens is 352 g/mol. The maximum atomic E-state index is 12.7. The van der Waals surface area contributed by atoms with Crippen molar-refractivity contribution in [2.24, 2.45) is 11.3 Å². The highest BCUT2D eigenvalue weighted by atomic mass is 16.2. The van der Waals surface area contributed by atoms with Gasteiger partial charge in [0.2, 0.25) is 11.8 Å². The van der Waals surface area contributed by atoms with E-state index in [1.165, 1.54) is 5.56 Å². The highest BCUT2D eigenvalue weighted by Gasteiger charge is 2.33. The highest BCUT2D eigenvalue weighted by molar-refractivity contribution is 5.83. The molecule has 0 spiro atoms. The number of amides is 2. The lowest BCUT2D eigenvalue weighted by Gasteiger charge is -2.35. The Kier molecular flexibility index (Phi) is 6.17. The van der Waals surface area contributed by atoms with Crippen LogP contribution in [0.3, 0.4) is 0 Å². The minimum absolute atomic E-state index is 0.0337. The molecule has 28 heavy (non-hydrogen) atoms. The van der Waals surface area contributed by atoms with Crippen LogP contribution in [0.25, 0.3) is 0 Å². The molecule has 1 aliphatic heterocycles. The van der Waals surface area contributed by atoms with Crippen LogP contribution in [0.5, 0.6) is 0 Å². The first-order valence-electron chi connectivity index (χ1n) is 9.93. The molecular formula is C22H30N4O2. The fourth-order valence-electron chi connectivity index (χ4n) is 3.61. The quantitative estimate of drug-likeness (QED) is 0.865. The lowest BCUT2D eigenvalue weighted by molar-refractivity contribution is -0.142. The SMILES string of the molecule is CC(C)(C)C(=O)N1CCCC(C(=O)NCc2cccc(Cn3ccnc3)c2)C1. The number of nitrogens with zero attached hydrogens (tertiary/aromatic N) is 3. The first-order chi connectivity index (χ1) is 13.3. The third-order valence-corrected chi connectivity index (χ3v) is 5.10. The molecule has 0 aliphatic carbocycles. The van der Waals surface area contributed by atoms with Crippen molar-refractivity contribution < 1.29 is 9.59 Å². The van der Waals surface area contributed by atoms with Crippen molar-refractivity contribution in [2.75, 3.05) is 13.1 Å². The summed E-state index contributed by atoms with van der Waals surface area (Å²) >= 11 is 0. The second kappa shape index (κ2) is 8.59. The molecule has 1 aliphatic rings. The average molecular weight is 383 g/mol. The summed E-state index contributed by atoms with van der Waals surface area (Å²) in [5.41, 5.74) is 1.84. The second-order valence-electron chi connectivity index (χ2n) is 8.61. The summed E-state index contributed by atoms with van der Waals surface area (Å²) in [4.78, 5) is 31.1. The molecule has 150 valence electrons. The standard InChI is InChI=1S/C22H30N4O2/c1-22(2,3)21(28)26-10-5-8-19(15-26)20(27)24-13-17-6-4-7-18(12-17)14-25-11-9-23-16-25/h4,6-7,9,11-12,16,19H,5,8,10,13-15H2,1-3H3,(H,24,27). The Morgan fingerprint density at radius 3 is 2.75 bits per heavy atom. The number of imidazole rings is 1. The van der Waals surface area contributed by atoms with Crippen LogP contribution in [0.1, 0.15) is 44.7 Å². The molecule has 2 amide bonds. The number of benzene rings is 1. The predicted octanol–water partition coefficient (Wildman–Crippen LogP) is 2.83. The van der Waals surface area contributed by atoms with Gasteiger partial charge in [0.1, 0.15) is 0 Å². The zero-order valence-electron chi connectivity index (χ0n) is 17.0. The Morgan fingerprint density at radius 1 is 1.25 bits per heavy atom. The summed E-state index contributed by atoms with van der Waals surface area (Å²) in [6.45, 7) is 8.30. The fraction of sp³-hybridized carbons (Fsp3) is 0.500. The van der Waals surface area contributed by atoms with Crippen molar-refractivity contribution >= 4 is 11.8 Å². The molecule has 1 aromatic carbocycles. The Morgan fingerprint density at radius 2 is 2.04 bits per heavy atom. The third-order valence-electron chi connectivity index (χ3n) is 5.10. The molecule has 1 aromatic heterocycles. The highest BCUT2D eigenvalue weighted by Crippen LogP contribution is 2.23. The molecule has 3 rings (SSSR count). The number of hydrogen-bond acceptors (Lipinski definition) is 3. The molecule has 2 aromatic rings. The monoisotopic (exact) mass is 382 g/mol. The normalized spacial score (nSPS) is 17.4. The topological polar surface area (TPSA) is 67.2 Å². The number of carbonyl (C=O) groups excluding carboxylic acids is 2. The van der Waals surface area contributed by atoms with E-state index in [1.807, 2.05) is 48.6 Å². The molecule has 6 nitrogen and oxygen atoms in total. The van der Waals surface area contributed by atoms with E-state index >= 15 is 0 Å². The number of rotatable bonds is 5. The molecule has 0 saturated carbocycles. The van der Waals surface area contributed by atoms with Crippen molar-refractivity contribution in [2.45, 2.75) is 46.7 Å².